The summed E-state index contributed by atoms with van der Waals surface area (Å²) in [6, 6.07) is 9.94. The summed E-state index contributed by atoms with van der Waals surface area (Å²) in [5.41, 5.74) is 1.34. The normalized spacial score (nSPS) is 24.4. The van der Waals surface area contributed by atoms with Crippen LogP contribution in [0.3, 0.4) is 0 Å². The van der Waals surface area contributed by atoms with Crippen LogP contribution in [-0.4, -0.2) is 31.1 Å². The zero-order valence-electron chi connectivity index (χ0n) is 15.1. The molecule has 2 N–H and O–H groups in total. The quantitative estimate of drug-likeness (QED) is 0.691. The van der Waals surface area contributed by atoms with E-state index in [9.17, 15) is 4.79 Å². The number of halogens is 1. The smallest absolute Gasteiger partial charge is 0.220 e. The first kappa shape index (κ1) is 20.1. The van der Waals surface area contributed by atoms with Gasteiger partial charge in [-0.25, -0.2) is 0 Å². The molecule has 25 heavy (non-hydrogen) atoms. The number of ether oxygens (including phenoxy) is 1. The molecule has 2 atom stereocenters. The third kappa shape index (κ3) is 6.19. The highest BCUT2D eigenvalue weighted by atomic mass is 35.5. The Kier molecular flexibility index (Phi) is 8.04. The van der Waals surface area contributed by atoms with E-state index in [2.05, 4.69) is 22.8 Å². The van der Waals surface area contributed by atoms with Gasteiger partial charge in [-0.05, 0) is 62.6 Å². The molecule has 2 aliphatic heterocycles. The Labute approximate surface area is 157 Å². The second kappa shape index (κ2) is 10.0. The SMILES string of the molecule is COc1ccc(CCCCCC(=O)NC2CC3CCC(C2)N3)cc1.Cl. The van der Waals surface area contributed by atoms with Gasteiger partial charge in [-0.1, -0.05) is 18.6 Å². The van der Waals surface area contributed by atoms with Crippen LogP contribution in [0.1, 0.15) is 56.9 Å². The summed E-state index contributed by atoms with van der Waals surface area (Å²) in [7, 11) is 1.69. The van der Waals surface area contributed by atoms with Gasteiger partial charge in [-0.2, -0.15) is 0 Å². The number of methoxy groups -OCH3 is 1. The van der Waals surface area contributed by atoms with Crippen molar-refractivity contribution in [3.8, 4) is 5.75 Å². The van der Waals surface area contributed by atoms with E-state index in [-0.39, 0.29) is 18.3 Å². The number of piperidine rings is 1. The second-order valence-corrected chi connectivity index (χ2v) is 7.28. The summed E-state index contributed by atoms with van der Waals surface area (Å²) in [4.78, 5) is 12.1. The van der Waals surface area contributed by atoms with Crippen LogP contribution in [0.5, 0.6) is 5.75 Å². The Morgan fingerprint density at radius 2 is 1.80 bits per heavy atom. The van der Waals surface area contributed by atoms with Crippen LogP contribution in [0.2, 0.25) is 0 Å². The van der Waals surface area contributed by atoms with E-state index in [1.54, 1.807) is 7.11 Å². The fraction of sp³-hybridized carbons (Fsp3) is 0.650. The van der Waals surface area contributed by atoms with Gasteiger partial charge in [0, 0.05) is 24.5 Å². The molecule has 0 radical (unpaired) electrons. The molecular weight excluding hydrogens is 336 g/mol. The Hall–Kier alpha value is -1.26. The molecule has 2 saturated heterocycles. The topological polar surface area (TPSA) is 50.4 Å². The van der Waals surface area contributed by atoms with E-state index in [4.69, 9.17) is 4.74 Å². The van der Waals surface area contributed by atoms with Crippen molar-refractivity contribution in [2.24, 2.45) is 0 Å². The maximum Gasteiger partial charge on any atom is 0.220 e. The van der Waals surface area contributed by atoms with E-state index in [0.717, 1.165) is 44.3 Å². The van der Waals surface area contributed by atoms with E-state index >= 15 is 0 Å². The average Bonchev–Trinajstić information content (AvgIpc) is 2.93. The fourth-order valence-corrected chi connectivity index (χ4v) is 4.06. The third-order valence-corrected chi connectivity index (χ3v) is 5.37. The highest BCUT2D eigenvalue weighted by Gasteiger charge is 2.33. The summed E-state index contributed by atoms with van der Waals surface area (Å²) in [6.07, 6.45) is 9.75. The Morgan fingerprint density at radius 1 is 1.12 bits per heavy atom. The Balaban J connectivity index is 0.00000225. The molecule has 1 aromatic rings. The van der Waals surface area contributed by atoms with Crippen LogP contribution in [0.4, 0.5) is 0 Å². The van der Waals surface area contributed by atoms with Crippen molar-refractivity contribution in [1.29, 1.82) is 0 Å². The van der Waals surface area contributed by atoms with Crippen LogP contribution >= 0.6 is 12.4 Å². The Morgan fingerprint density at radius 3 is 2.44 bits per heavy atom. The molecule has 5 heteroatoms. The molecular formula is C20H31ClN2O2. The number of fused-ring (bicyclic) bond motifs is 2. The molecule has 2 unspecified atom stereocenters. The molecule has 140 valence electrons. The van der Waals surface area contributed by atoms with E-state index in [1.165, 1.54) is 18.4 Å². The summed E-state index contributed by atoms with van der Waals surface area (Å²) in [6.45, 7) is 0. The fourth-order valence-electron chi connectivity index (χ4n) is 4.06. The molecule has 2 heterocycles. The maximum atomic E-state index is 12.1. The standard InChI is InChI=1S/C20H30N2O2.ClH/c1-24-19-11-7-15(8-12-19)5-3-2-4-6-20(23)22-18-13-16-9-10-17(14-18)21-16;/h7-8,11-12,16-18,21H,2-6,9-10,13-14H2,1H3,(H,22,23);1H. The number of amides is 1. The molecule has 0 spiro atoms. The number of benzene rings is 1. The number of unbranched alkanes of at least 4 members (excludes halogenated alkanes) is 2. The van der Waals surface area contributed by atoms with Crippen molar-refractivity contribution in [3.63, 3.8) is 0 Å². The van der Waals surface area contributed by atoms with Gasteiger partial charge in [0.05, 0.1) is 7.11 Å². The number of aryl methyl sites for hydroxylation is 1. The van der Waals surface area contributed by atoms with Crippen LogP contribution in [0, 0.1) is 0 Å². The summed E-state index contributed by atoms with van der Waals surface area (Å²) >= 11 is 0. The first-order chi connectivity index (χ1) is 11.7. The molecule has 4 nitrogen and oxygen atoms in total. The maximum absolute atomic E-state index is 12.1. The summed E-state index contributed by atoms with van der Waals surface area (Å²) < 4.78 is 5.17. The van der Waals surface area contributed by atoms with Gasteiger partial charge < -0.3 is 15.4 Å². The molecule has 2 aliphatic rings. The lowest BCUT2D eigenvalue weighted by molar-refractivity contribution is -0.122. The van der Waals surface area contributed by atoms with Gasteiger partial charge in [-0.3, -0.25) is 4.79 Å². The van der Waals surface area contributed by atoms with Crippen molar-refractivity contribution < 1.29 is 9.53 Å². The predicted molar refractivity (Wildman–Crippen MR) is 104 cm³/mol. The molecule has 1 aromatic carbocycles. The van der Waals surface area contributed by atoms with Crippen LogP contribution in [-0.2, 0) is 11.2 Å². The third-order valence-electron chi connectivity index (χ3n) is 5.37. The van der Waals surface area contributed by atoms with Crippen LogP contribution in [0.15, 0.2) is 24.3 Å². The average molecular weight is 367 g/mol. The monoisotopic (exact) mass is 366 g/mol. The molecule has 0 aromatic heterocycles. The first-order valence-corrected chi connectivity index (χ1v) is 9.41. The van der Waals surface area contributed by atoms with Crippen molar-refractivity contribution in [2.75, 3.05) is 7.11 Å². The lowest BCUT2D eigenvalue weighted by Crippen LogP contribution is -2.47. The molecule has 1 amide bonds. The van der Waals surface area contributed by atoms with Crippen LogP contribution < -0.4 is 15.4 Å². The largest absolute Gasteiger partial charge is 0.497 e. The van der Waals surface area contributed by atoms with Gasteiger partial charge in [0.1, 0.15) is 5.75 Å². The molecule has 0 aliphatic carbocycles. The number of carbonyl (C=O) groups excluding carboxylic acids is 1. The second-order valence-electron chi connectivity index (χ2n) is 7.28. The van der Waals surface area contributed by atoms with Crippen molar-refractivity contribution in [2.45, 2.75) is 75.9 Å². The number of carbonyl (C=O) groups is 1. The highest BCUT2D eigenvalue weighted by molar-refractivity contribution is 5.85. The molecule has 2 fully saturated rings. The van der Waals surface area contributed by atoms with Crippen molar-refractivity contribution in [1.82, 2.24) is 10.6 Å². The Bertz CT molecular complexity index is 523. The lowest BCUT2D eigenvalue weighted by Gasteiger charge is -2.29. The van der Waals surface area contributed by atoms with Crippen molar-refractivity contribution in [3.05, 3.63) is 29.8 Å². The summed E-state index contributed by atoms with van der Waals surface area (Å²) in [5, 5.41) is 6.87. The molecule has 3 rings (SSSR count). The van der Waals surface area contributed by atoms with Crippen LogP contribution in [0.25, 0.3) is 0 Å². The number of nitrogens with one attached hydrogen (secondary N) is 2. The minimum absolute atomic E-state index is 0. The van der Waals surface area contributed by atoms with Gasteiger partial charge in [0.15, 0.2) is 0 Å². The number of hydrogen-bond acceptors (Lipinski definition) is 3. The van der Waals surface area contributed by atoms with Gasteiger partial charge in [-0.15, -0.1) is 12.4 Å². The molecule has 2 bridgehead atoms. The minimum Gasteiger partial charge on any atom is -0.497 e. The summed E-state index contributed by atoms with van der Waals surface area (Å²) in [5.74, 6) is 1.15. The zero-order chi connectivity index (χ0) is 16.8. The predicted octanol–water partition coefficient (Wildman–Crippen LogP) is 3.62. The zero-order valence-corrected chi connectivity index (χ0v) is 15.9. The number of rotatable bonds is 8. The van der Waals surface area contributed by atoms with Gasteiger partial charge >= 0.3 is 0 Å². The lowest BCUT2D eigenvalue weighted by atomic mass is 9.99. The van der Waals surface area contributed by atoms with E-state index < -0.39 is 0 Å². The van der Waals surface area contributed by atoms with E-state index in [1.807, 2.05) is 12.1 Å². The number of hydrogen-bond donors (Lipinski definition) is 2. The first-order valence-electron chi connectivity index (χ1n) is 9.41. The van der Waals surface area contributed by atoms with Gasteiger partial charge in [0.25, 0.3) is 0 Å². The minimum atomic E-state index is 0. The molecule has 0 saturated carbocycles. The van der Waals surface area contributed by atoms with Crippen molar-refractivity contribution >= 4 is 18.3 Å². The van der Waals surface area contributed by atoms with E-state index in [0.29, 0.717) is 24.5 Å². The highest BCUT2D eigenvalue weighted by Crippen LogP contribution is 2.26. The van der Waals surface area contributed by atoms with Gasteiger partial charge in [0.2, 0.25) is 5.91 Å².